The first-order chi connectivity index (χ1) is 11.9. The minimum atomic E-state index is -3.71. The summed E-state index contributed by atoms with van der Waals surface area (Å²) in [6, 6.07) is 16.1. The van der Waals surface area contributed by atoms with Crippen LogP contribution in [0.2, 0.25) is 0 Å². The zero-order valence-electron chi connectivity index (χ0n) is 14.9. The van der Waals surface area contributed by atoms with E-state index in [1.54, 1.807) is 24.3 Å². The van der Waals surface area contributed by atoms with Gasteiger partial charge in [0.05, 0.1) is 10.9 Å². The standard InChI is InChI=1S/C20H25NO3S/c1-4-16-11-13-18(14-12-16)25(23,24)15(3)20(22)21-19(5-2)17-9-7-6-8-10-17/h6-15,19H,4-5H2,1-3H3,(H,21,22). The molecule has 0 fully saturated rings. The van der Waals surface area contributed by atoms with Gasteiger partial charge in [0.1, 0.15) is 5.25 Å². The summed E-state index contributed by atoms with van der Waals surface area (Å²) in [5, 5.41) is 1.72. The lowest BCUT2D eigenvalue weighted by atomic mass is 10.0. The molecule has 2 aromatic carbocycles. The molecule has 0 aliphatic heterocycles. The SMILES string of the molecule is CCc1ccc(S(=O)(=O)C(C)C(=O)NC(CC)c2ccccc2)cc1. The van der Waals surface area contributed by atoms with Gasteiger partial charge in [0.2, 0.25) is 5.91 Å². The van der Waals surface area contributed by atoms with Crippen molar-refractivity contribution in [3.8, 4) is 0 Å². The summed E-state index contributed by atoms with van der Waals surface area (Å²) in [5.74, 6) is -0.477. The van der Waals surface area contributed by atoms with E-state index >= 15 is 0 Å². The van der Waals surface area contributed by atoms with Gasteiger partial charge in [-0.25, -0.2) is 8.42 Å². The van der Waals surface area contributed by atoms with Crippen molar-refractivity contribution in [3.63, 3.8) is 0 Å². The predicted octanol–water partition coefficient (Wildman–Crippen LogP) is 3.68. The highest BCUT2D eigenvalue weighted by Gasteiger charge is 2.30. The number of benzene rings is 2. The highest BCUT2D eigenvalue weighted by Crippen LogP contribution is 2.20. The van der Waals surface area contributed by atoms with Gasteiger partial charge < -0.3 is 5.32 Å². The molecule has 134 valence electrons. The van der Waals surface area contributed by atoms with E-state index in [4.69, 9.17) is 0 Å². The van der Waals surface area contributed by atoms with Gasteiger partial charge in [0, 0.05) is 0 Å². The lowest BCUT2D eigenvalue weighted by Crippen LogP contribution is -2.39. The zero-order chi connectivity index (χ0) is 18.4. The molecule has 5 heteroatoms. The molecule has 25 heavy (non-hydrogen) atoms. The van der Waals surface area contributed by atoms with Crippen LogP contribution in [-0.2, 0) is 21.1 Å². The number of sulfone groups is 1. The molecular weight excluding hydrogens is 334 g/mol. The van der Waals surface area contributed by atoms with Crippen LogP contribution < -0.4 is 5.32 Å². The first kappa shape index (κ1) is 19.2. The molecule has 1 N–H and O–H groups in total. The molecule has 0 bridgehead atoms. The summed E-state index contributed by atoms with van der Waals surface area (Å²) in [6.07, 6.45) is 1.53. The zero-order valence-corrected chi connectivity index (χ0v) is 15.7. The van der Waals surface area contributed by atoms with Crippen molar-refractivity contribution in [1.29, 1.82) is 0 Å². The molecular formula is C20H25NO3S. The quantitative estimate of drug-likeness (QED) is 0.820. The second-order valence-electron chi connectivity index (χ2n) is 6.06. The van der Waals surface area contributed by atoms with Crippen molar-refractivity contribution in [3.05, 3.63) is 65.7 Å². The van der Waals surface area contributed by atoms with Gasteiger partial charge in [0.25, 0.3) is 0 Å². The van der Waals surface area contributed by atoms with Gasteiger partial charge in [-0.3, -0.25) is 4.79 Å². The van der Waals surface area contributed by atoms with Gasteiger partial charge in [0.15, 0.2) is 9.84 Å². The third kappa shape index (κ3) is 4.48. The monoisotopic (exact) mass is 359 g/mol. The van der Waals surface area contributed by atoms with E-state index in [-0.39, 0.29) is 10.9 Å². The third-order valence-electron chi connectivity index (χ3n) is 4.42. The second-order valence-corrected chi connectivity index (χ2v) is 8.33. The van der Waals surface area contributed by atoms with Gasteiger partial charge >= 0.3 is 0 Å². The van der Waals surface area contributed by atoms with E-state index in [0.29, 0.717) is 6.42 Å². The largest absolute Gasteiger partial charge is 0.348 e. The van der Waals surface area contributed by atoms with Crippen molar-refractivity contribution >= 4 is 15.7 Å². The van der Waals surface area contributed by atoms with Crippen LogP contribution in [0.3, 0.4) is 0 Å². The Morgan fingerprint density at radius 2 is 1.60 bits per heavy atom. The molecule has 0 saturated heterocycles. The Labute approximate surface area is 150 Å². The van der Waals surface area contributed by atoms with Crippen LogP contribution in [0.5, 0.6) is 0 Å². The summed E-state index contributed by atoms with van der Waals surface area (Å²) >= 11 is 0. The summed E-state index contributed by atoms with van der Waals surface area (Å²) in [7, 11) is -3.71. The number of carbonyl (C=O) groups excluding carboxylic acids is 1. The van der Waals surface area contributed by atoms with Crippen LogP contribution in [-0.4, -0.2) is 19.6 Å². The minimum absolute atomic E-state index is 0.181. The van der Waals surface area contributed by atoms with E-state index < -0.39 is 21.0 Å². The number of rotatable bonds is 7. The molecule has 0 saturated carbocycles. The van der Waals surface area contributed by atoms with E-state index in [1.165, 1.54) is 6.92 Å². The Hall–Kier alpha value is -2.14. The minimum Gasteiger partial charge on any atom is -0.348 e. The highest BCUT2D eigenvalue weighted by atomic mass is 32.2. The van der Waals surface area contributed by atoms with Gasteiger partial charge in [-0.1, -0.05) is 56.3 Å². The van der Waals surface area contributed by atoms with Gasteiger partial charge in [-0.15, -0.1) is 0 Å². The summed E-state index contributed by atoms with van der Waals surface area (Å²) in [6.45, 7) is 5.41. The van der Waals surface area contributed by atoms with Gasteiger partial charge in [-0.2, -0.15) is 0 Å². The molecule has 0 radical (unpaired) electrons. The number of aryl methyl sites for hydroxylation is 1. The Morgan fingerprint density at radius 3 is 2.12 bits per heavy atom. The van der Waals surface area contributed by atoms with Crippen LogP contribution in [0.25, 0.3) is 0 Å². The maximum absolute atomic E-state index is 12.7. The Kier molecular flexibility index (Phi) is 6.37. The highest BCUT2D eigenvalue weighted by molar-refractivity contribution is 7.92. The van der Waals surface area contributed by atoms with Crippen LogP contribution in [0.15, 0.2) is 59.5 Å². The number of nitrogens with one attached hydrogen (secondary N) is 1. The van der Waals surface area contributed by atoms with Crippen LogP contribution in [0, 0.1) is 0 Å². The third-order valence-corrected chi connectivity index (χ3v) is 6.50. The van der Waals surface area contributed by atoms with Crippen molar-refractivity contribution in [2.45, 2.75) is 49.8 Å². The van der Waals surface area contributed by atoms with E-state index in [0.717, 1.165) is 17.5 Å². The van der Waals surface area contributed by atoms with Gasteiger partial charge in [-0.05, 0) is 43.0 Å². The van der Waals surface area contributed by atoms with Crippen LogP contribution >= 0.6 is 0 Å². The number of hydrogen-bond donors (Lipinski definition) is 1. The first-order valence-electron chi connectivity index (χ1n) is 8.58. The molecule has 2 atom stereocenters. The number of hydrogen-bond acceptors (Lipinski definition) is 3. The van der Waals surface area contributed by atoms with E-state index in [9.17, 15) is 13.2 Å². The van der Waals surface area contributed by atoms with Crippen LogP contribution in [0.4, 0.5) is 0 Å². The smallest absolute Gasteiger partial charge is 0.238 e. The summed E-state index contributed by atoms with van der Waals surface area (Å²) < 4.78 is 25.4. The lowest BCUT2D eigenvalue weighted by molar-refractivity contribution is -0.121. The maximum Gasteiger partial charge on any atom is 0.238 e. The molecule has 0 aliphatic rings. The molecule has 0 aromatic heterocycles. The Morgan fingerprint density at radius 1 is 1.00 bits per heavy atom. The Bertz CT molecular complexity index is 799. The fraction of sp³-hybridized carbons (Fsp3) is 0.350. The maximum atomic E-state index is 12.7. The molecule has 4 nitrogen and oxygen atoms in total. The first-order valence-corrected chi connectivity index (χ1v) is 10.1. The number of carbonyl (C=O) groups is 1. The van der Waals surface area contributed by atoms with Crippen molar-refractivity contribution in [1.82, 2.24) is 5.32 Å². The van der Waals surface area contributed by atoms with E-state index in [1.807, 2.05) is 44.2 Å². The molecule has 1 amide bonds. The fourth-order valence-electron chi connectivity index (χ4n) is 2.66. The molecule has 2 unspecified atom stereocenters. The normalized spacial score (nSPS) is 13.9. The summed E-state index contributed by atoms with van der Waals surface area (Å²) in [4.78, 5) is 12.7. The lowest BCUT2D eigenvalue weighted by Gasteiger charge is -2.20. The fourth-order valence-corrected chi connectivity index (χ4v) is 3.93. The molecule has 0 aliphatic carbocycles. The van der Waals surface area contributed by atoms with Crippen molar-refractivity contribution in [2.75, 3.05) is 0 Å². The predicted molar refractivity (Wildman–Crippen MR) is 100 cm³/mol. The van der Waals surface area contributed by atoms with Crippen LogP contribution in [0.1, 0.15) is 44.4 Å². The van der Waals surface area contributed by atoms with Crippen molar-refractivity contribution < 1.29 is 13.2 Å². The number of amides is 1. The van der Waals surface area contributed by atoms with Crippen molar-refractivity contribution in [2.24, 2.45) is 0 Å². The average molecular weight is 359 g/mol. The van der Waals surface area contributed by atoms with E-state index in [2.05, 4.69) is 5.32 Å². The topological polar surface area (TPSA) is 63.2 Å². The molecule has 0 spiro atoms. The Balaban J connectivity index is 2.17. The second kappa shape index (κ2) is 8.30. The molecule has 0 heterocycles. The average Bonchev–Trinajstić information content (AvgIpc) is 2.65. The molecule has 2 rings (SSSR count). The molecule has 2 aromatic rings. The summed E-state index contributed by atoms with van der Waals surface area (Å²) in [5.41, 5.74) is 2.03.